The molecular formula is H8CoO5. The van der Waals surface area contributed by atoms with E-state index in [9.17, 15) is 0 Å². The van der Waals surface area contributed by atoms with E-state index in [4.69, 9.17) is 0 Å². The Morgan fingerprint density at radius 3 is 0.500 bits per heavy atom. The van der Waals surface area contributed by atoms with Gasteiger partial charge in [0.15, 0.2) is 0 Å². The molecule has 0 rings (SSSR count). The maximum Gasteiger partial charge on any atom is 2.00 e. The second kappa shape index (κ2) is 1050. The summed E-state index contributed by atoms with van der Waals surface area (Å²) < 4.78 is 0. The Bertz CT molecular complexity index is 3.90. The van der Waals surface area contributed by atoms with Crippen LogP contribution >= 0.6 is 0 Å². The molecule has 0 aliphatic heterocycles. The Kier molecular flexibility index (Phi) is 330000. The van der Waals surface area contributed by atoms with Gasteiger partial charge in [0.2, 0.25) is 0 Å². The van der Waals surface area contributed by atoms with Gasteiger partial charge in [0.25, 0.3) is 0 Å². The van der Waals surface area contributed by atoms with Crippen molar-refractivity contribution in [1.29, 1.82) is 0 Å². The fraction of sp³-hybridized carbons (Fsp3) is 0. The second-order valence-corrected chi connectivity index (χ2v) is 0. The molecule has 47 valence electrons. The standard InChI is InChI=1S/Co.4H2O.O/h;4*1H2;/q+2;;;;;-2. The molecule has 0 saturated carbocycles. The smallest absolute Gasteiger partial charge is 2.00 e. The first-order valence-electron chi connectivity index (χ1n) is 0. The van der Waals surface area contributed by atoms with Crippen molar-refractivity contribution >= 4 is 0 Å². The van der Waals surface area contributed by atoms with Crippen LogP contribution in [0.5, 0.6) is 0 Å². The predicted octanol–water partition coefficient (Wildman–Crippen LogP) is -3.42. The molecule has 0 fully saturated rings. The van der Waals surface area contributed by atoms with Gasteiger partial charge in [-0.1, -0.05) is 0 Å². The molecule has 0 aromatic carbocycles. The van der Waals surface area contributed by atoms with Gasteiger partial charge >= 0.3 is 16.8 Å². The zero-order valence-electron chi connectivity index (χ0n) is 2.74. The molecule has 0 aromatic heterocycles. The topological polar surface area (TPSA) is 154 Å². The summed E-state index contributed by atoms with van der Waals surface area (Å²) in [5.74, 6) is 0. The maximum atomic E-state index is 0. The molecule has 6 heteroatoms. The Morgan fingerprint density at radius 2 is 0.500 bits per heavy atom. The van der Waals surface area contributed by atoms with Gasteiger partial charge in [0.1, 0.15) is 0 Å². The second-order valence-electron chi connectivity index (χ2n) is 0. The van der Waals surface area contributed by atoms with Crippen molar-refractivity contribution in [2.24, 2.45) is 0 Å². The summed E-state index contributed by atoms with van der Waals surface area (Å²) in [4.78, 5) is 0. The summed E-state index contributed by atoms with van der Waals surface area (Å²) in [6.07, 6.45) is 0. The van der Waals surface area contributed by atoms with Gasteiger partial charge in [-0.2, -0.15) is 0 Å². The van der Waals surface area contributed by atoms with E-state index in [-0.39, 0.29) is 44.2 Å². The van der Waals surface area contributed by atoms with Gasteiger partial charge in [-0.25, -0.2) is 0 Å². The van der Waals surface area contributed by atoms with Crippen molar-refractivity contribution in [2.45, 2.75) is 0 Å². The summed E-state index contributed by atoms with van der Waals surface area (Å²) in [7, 11) is 0. The maximum absolute atomic E-state index is 0. The van der Waals surface area contributed by atoms with Crippen LogP contribution in [0, 0.1) is 0 Å². The van der Waals surface area contributed by atoms with Crippen molar-refractivity contribution < 1.29 is 44.2 Å². The molecule has 5 nitrogen and oxygen atoms in total. The molecule has 1 radical (unpaired) electrons. The van der Waals surface area contributed by atoms with Gasteiger partial charge in [-0.05, 0) is 0 Å². The van der Waals surface area contributed by atoms with E-state index in [1.165, 1.54) is 0 Å². The fourth-order valence-corrected chi connectivity index (χ4v) is 0. The van der Waals surface area contributed by atoms with Crippen LogP contribution in [-0.4, -0.2) is 21.9 Å². The molecular weight excluding hydrogens is 139 g/mol. The Labute approximate surface area is 45.1 Å². The van der Waals surface area contributed by atoms with Crippen molar-refractivity contribution in [2.75, 3.05) is 0 Å². The normalized spacial score (nSPS) is 0. The first-order valence-corrected chi connectivity index (χ1v) is 0. The molecule has 0 heterocycles. The molecule has 6 heavy (non-hydrogen) atoms. The third-order valence-corrected chi connectivity index (χ3v) is 0. The first-order chi connectivity index (χ1) is 0. The zero-order chi connectivity index (χ0) is 0. The van der Waals surface area contributed by atoms with Gasteiger partial charge in [-0.3, -0.25) is 0 Å². The Balaban J connectivity index is 0. The molecule has 0 aliphatic rings. The van der Waals surface area contributed by atoms with Gasteiger partial charge < -0.3 is 27.4 Å². The molecule has 0 aliphatic carbocycles. The minimum Gasteiger partial charge on any atom is -2.00 e. The number of rotatable bonds is 0. The van der Waals surface area contributed by atoms with E-state index in [0.717, 1.165) is 0 Å². The molecule has 0 aromatic rings. The molecule has 0 spiro atoms. The van der Waals surface area contributed by atoms with Crippen LogP contribution in [-0.2, 0) is 22.3 Å². The van der Waals surface area contributed by atoms with Gasteiger partial charge in [0, 0.05) is 0 Å². The monoisotopic (exact) mass is 147 g/mol. The fourth-order valence-electron chi connectivity index (χ4n) is 0. The SMILES string of the molecule is O.O.O.O.[Co+2].[O-2]. The molecule has 0 amide bonds. The quantitative estimate of drug-likeness (QED) is 0.334. The van der Waals surface area contributed by atoms with E-state index in [2.05, 4.69) is 0 Å². The first kappa shape index (κ1) is 1890. The van der Waals surface area contributed by atoms with Crippen LogP contribution < -0.4 is 0 Å². The minimum atomic E-state index is 0. The molecule has 0 atom stereocenters. The van der Waals surface area contributed by atoms with Crippen molar-refractivity contribution in [3.05, 3.63) is 0 Å². The van der Waals surface area contributed by atoms with Gasteiger partial charge in [-0.15, -0.1) is 0 Å². The summed E-state index contributed by atoms with van der Waals surface area (Å²) in [6, 6.07) is 0. The third kappa shape index (κ3) is 501. The average Bonchev–Trinajstić information content (AvgIpc) is 0. The predicted molar refractivity (Wildman–Crippen MR) is 15.1 cm³/mol. The summed E-state index contributed by atoms with van der Waals surface area (Å²) in [6.45, 7) is 0. The number of hydrogen-bond acceptors (Lipinski definition) is 0. The summed E-state index contributed by atoms with van der Waals surface area (Å²) >= 11 is 0. The Morgan fingerprint density at radius 1 is 0.500 bits per heavy atom. The van der Waals surface area contributed by atoms with E-state index in [0.29, 0.717) is 0 Å². The van der Waals surface area contributed by atoms with Crippen LogP contribution in [0.25, 0.3) is 0 Å². The molecule has 0 unspecified atom stereocenters. The van der Waals surface area contributed by atoms with Crippen LogP contribution in [0.15, 0.2) is 0 Å². The van der Waals surface area contributed by atoms with Gasteiger partial charge in [0.05, 0.1) is 0 Å². The number of hydrogen-bond donors (Lipinski definition) is 0. The van der Waals surface area contributed by atoms with E-state index in [1.807, 2.05) is 0 Å². The molecule has 0 bridgehead atoms. The van der Waals surface area contributed by atoms with Crippen LogP contribution in [0.1, 0.15) is 0 Å². The van der Waals surface area contributed by atoms with Crippen molar-refractivity contribution in [3.63, 3.8) is 0 Å². The van der Waals surface area contributed by atoms with Crippen molar-refractivity contribution in [3.8, 4) is 0 Å². The van der Waals surface area contributed by atoms with E-state index in [1.54, 1.807) is 0 Å². The Hall–Kier alpha value is 0.306. The molecule has 8 N–H and O–H groups in total. The van der Waals surface area contributed by atoms with E-state index < -0.39 is 0 Å². The van der Waals surface area contributed by atoms with Crippen molar-refractivity contribution in [1.82, 2.24) is 0 Å². The largest absolute Gasteiger partial charge is 2.00 e. The summed E-state index contributed by atoms with van der Waals surface area (Å²) in [5, 5.41) is 0. The van der Waals surface area contributed by atoms with E-state index >= 15 is 0 Å². The summed E-state index contributed by atoms with van der Waals surface area (Å²) in [5.41, 5.74) is 0. The molecule has 0 saturated heterocycles. The van der Waals surface area contributed by atoms with Crippen LogP contribution in [0.2, 0.25) is 0 Å². The van der Waals surface area contributed by atoms with Crippen LogP contribution in [0.4, 0.5) is 0 Å². The third-order valence-electron chi connectivity index (χ3n) is 0. The van der Waals surface area contributed by atoms with Crippen LogP contribution in [0.3, 0.4) is 0 Å². The average molecular weight is 147 g/mol. The zero-order valence-corrected chi connectivity index (χ0v) is 3.78. The minimum absolute atomic E-state index is 0.